The second kappa shape index (κ2) is 5.35. The minimum absolute atomic E-state index is 0.157. The summed E-state index contributed by atoms with van der Waals surface area (Å²) in [6.07, 6.45) is 1.27. The van der Waals surface area contributed by atoms with Crippen LogP contribution in [0.1, 0.15) is 26.2 Å². The van der Waals surface area contributed by atoms with Gasteiger partial charge in [0.1, 0.15) is 9.84 Å². The van der Waals surface area contributed by atoms with E-state index in [9.17, 15) is 13.2 Å². The third-order valence-corrected chi connectivity index (χ3v) is 5.14. The molecule has 0 amide bonds. The van der Waals surface area contributed by atoms with Gasteiger partial charge >= 0.3 is 5.97 Å². The average Bonchev–Trinajstić information content (AvgIpc) is 2.21. The van der Waals surface area contributed by atoms with Crippen LogP contribution in [0.15, 0.2) is 0 Å². The third-order valence-electron chi connectivity index (χ3n) is 3.48. The van der Waals surface area contributed by atoms with Crippen molar-refractivity contribution in [2.24, 2.45) is 0 Å². The second-order valence-corrected chi connectivity index (χ2v) is 7.06. The van der Waals surface area contributed by atoms with Gasteiger partial charge in [-0.15, -0.1) is 0 Å². The second-order valence-electron chi connectivity index (χ2n) is 4.75. The van der Waals surface area contributed by atoms with Crippen molar-refractivity contribution in [1.29, 1.82) is 0 Å². The lowest BCUT2D eigenvalue weighted by Crippen LogP contribution is -2.51. The van der Waals surface area contributed by atoms with Crippen LogP contribution in [0.3, 0.4) is 0 Å². The molecule has 0 saturated carbocycles. The number of carbonyl (C=O) groups excluding carboxylic acids is 1. The topological polar surface area (TPSA) is 63.7 Å². The fourth-order valence-electron chi connectivity index (χ4n) is 2.18. The van der Waals surface area contributed by atoms with Crippen LogP contribution in [0.25, 0.3) is 0 Å². The largest absolute Gasteiger partial charge is 0.466 e. The zero-order valence-corrected chi connectivity index (χ0v) is 11.5. The molecule has 5 nitrogen and oxygen atoms in total. The van der Waals surface area contributed by atoms with Crippen molar-refractivity contribution in [3.8, 4) is 0 Å². The molecule has 1 saturated heterocycles. The first kappa shape index (κ1) is 14.4. The van der Waals surface area contributed by atoms with Gasteiger partial charge in [0.15, 0.2) is 0 Å². The van der Waals surface area contributed by atoms with Gasteiger partial charge in [0.2, 0.25) is 0 Å². The van der Waals surface area contributed by atoms with Crippen LogP contribution in [0.4, 0.5) is 0 Å². The predicted molar refractivity (Wildman–Crippen MR) is 65.6 cm³/mol. The van der Waals surface area contributed by atoms with Crippen molar-refractivity contribution < 1.29 is 17.9 Å². The van der Waals surface area contributed by atoms with Crippen LogP contribution < -0.4 is 0 Å². The lowest BCUT2D eigenvalue weighted by atomic mass is 9.87. The molecule has 0 aromatic rings. The van der Waals surface area contributed by atoms with Crippen LogP contribution in [-0.4, -0.2) is 57.0 Å². The predicted octanol–water partition coefficient (Wildman–Crippen LogP) is 0.449. The number of rotatable bonds is 4. The van der Waals surface area contributed by atoms with Gasteiger partial charge in [-0.25, -0.2) is 8.42 Å². The summed E-state index contributed by atoms with van der Waals surface area (Å²) in [5.41, 5.74) is -0.364. The molecule has 0 N–H and O–H groups in total. The standard InChI is InChI=1S/C11H21NO4S/c1-4-16-10(13)9-11(12(2)3)5-7-17(14,15)8-6-11/h4-9H2,1-3H3. The van der Waals surface area contributed by atoms with Gasteiger partial charge in [0, 0.05) is 5.54 Å². The molecule has 1 heterocycles. The first-order valence-electron chi connectivity index (χ1n) is 5.85. The fourth-order valence-corrected chi connectivity index (χ4v) is 3.77. The molecule has 0 bridgehead atoms. The van der Waals surface area contributed by atoms with E-state index < -0.39 is 9.84 Å². The van der Waals surface area contributed by atoms with Crippen LogP contribution >= 0.6 is 0 Å². The maximum atomic E-state index is 11.6. The Morgan fingerprint density at radius 2 is 1.82 bits per heavy atom. The van der Waals surface area contributed by atoms with Crippen molar-refractivity contribution in [2.45, 2.75) is 31.7 Å². The summed E-state index contributed by atoms with van der Waals surface area (Å²) in [5, 5.41) is 0. The molecular formula is C11H21NO4S. The highest BCUT2D eigenvalue weighted by atomic mass is 32.2. The number of hydrogen-bond donors (Lipinski definition) is 0. The van der Waals surface area contributed by atoms with E-state index in [1.807, 2.05) is 19.0 Å². The monoisotopic (exact) mass is 263 g/mol. The highest BCUT2D eigenvalue weighted by Crippen LogP contribution is 2.31. The van der Waals surface area contributed by atoms with Crippen molar-refractivity contribution in [3.63, 3.8) is 0 Å². The molecule has 1 aliphatic heterocycles. The Balaban J connectivity index is 2.75. The molecule has 100 valence electrons. The molecule has 17 heavy (non-hydrogen) atoms. The van der Waals surface area contributed by atoms with E-state index in [2.05, 4.69) is 0 Å². The highest BCUT2D eigenvalue weighted by Gasteiger charge is 2.41. The van der Waals surface area contributed by atoms with Gasteiger partial charge in [-0.3, -0.25) is 4.79 Å². The third kappa shape index (κ3) is 3.67. The summed E-state index contributed by atoms with van der Waals surface area (Å²) >= 11 is 0. The first-order valence-corrected chi connectivity index (χ1v) is 7.67. The van der Waals surface area contributed by atoms with Gasteiger partial charge in [0.25, 0.3) is 0 Å². The molecule has 0 aliphatic carbocycles. The van der Waals surface area contributed by atoms with Crippen molar-refractivity contribution in [3.05, 3.63) is 0 Å². The minimum atomic E-state index is -2.91. The number of ether oxygens (including phenoxy) is 1. The highest BCUT2D eigenvalue weighted by molar-refractivity contribution is 7.91. The van der Waals surface area contributed by atoms with Gasteiger partial charge in [-0.2, -0.15) is 0 Å². The first-order chi connectivity index (χ1) is 7.81. The van der Waals surface area contributed by atoms with Gasteiger partial charge in [0.05, 0.1) is 24.5 Å². The maximum Gasteiger partial charge on any atom is 0.307 e. The summed E-state index contributed by atoms with van der Waals surface area (Å²) in [6.45, 7) is 2.13. The van der Waals surface area contributed by atoms with Gasteiger partial charge < -0.3 is 9.64 Å². The van der Waals surface area contributed by atoms with Gasteiger partial charge in [-0.05, 0) is 33.9 Å². The quantitative estimate of drug-likeness (QED) is 0.689. The van der Waals surface area contributed by atoms with Crippen LogP contribution in [-0.2, 0) is 19.4 Å². The average molecular weight is 263 g/mol. The molecule has 0 aromatic heterocycles. The summed E-state index contributed by atoms with van der Waals surface area (Å²) < 4.78 is 27.8. The van der Waals surface area contributed by atoms with Crippen LogP contribution in [0.5, 0.6) is 0 Å². The fraction of sp³-hybridized carbons (Fsp3) is 0.909. The normalized spacial score (nSPS) is 22.4. The Morgan fingerprint density at radius 1 is 1.29 bits per heavy atom. The molecular weight excluding hydrogens is 242 g/mol. The van der Waals surface area contributed by atoms with E-state index in [0.717, 1.165) is 0 Å². The Morgan fingerprint density at radius 3 is 2.24 bits per heavy atom. The SMILES string of the molecule is CCOC(=O)CC1(N(C)C)CCS(=O)(=O)CC1. The van der Waals surface area contributed by atoms with Gasteiger partial charge in [-0.1, -0.05) is 0 Å². The molecule has 1 aliphatic rings. The Labute approximate surface area is 103 Å². The zero-order chi connectivity index (χ0) is 13.1. The van der Waals surface area contributed by atoms with E-state index in [-0.39, 0.29) is 29.4 Å². The van der Waals surface area contributed by atoms with E-state index in [0.29, 0.717) is 19.4 Å². The number of nitrogens with zero attached hydrogens (tertiary/aromatic N) is 1. The molecule has 6 heteroatoms. The summed E-state index contributed by atoms with van der Waals surface area (Å²) in [7, 11) is 0.858. The number of hydrogen-bond acceptors (Lipinski definition) is 5. The summed E-state index contributed by atoms with van der Waals surface area (Å²) in [5.74, 6) is 0.0651. The van der Waals surface area contributed by atoms with E-state index in [1.165, 1.54) is 0 Å². The Bertz CT molecular complexity index is 361. The molecule has 0 aromatic carbocycles. The number of carbonyl (C=O) groups is 1. The van der Waals surface area contributed by atoms with Crippen molar-refractivity contribution in [1.82, 2.24) is 4.90 Å². The molecule has 0 atom stereocenters. The lowest BCUT2D eigenvalue weighted by Gasteiger charge is -2.42. The van der Waals surface area contributed by atoms with E-state index in [4.69, 9.17) is 4.74 Å². The molecule has 0 unspecified atom stereocenters. The number of esters is 1. The lowest BCUT2D eigenvalue weighted by molar-refractivity contribution is -0.146. The van der Waals surface area contributed by atoms with Crippen LogP contribution in [0.2, 0.25) is 0 Å². The van der Waals surface area contributed by atoms with E-state index >= 15 is 0 Å². The number of sulfone groups is 1. The van der Waals surface area contributed by atoms with Crippen molar-refractivity contribution in [2.75, 3.05) is 32.2 Å². The van der Waals surface area contributed by atoms with Crippen molar-refractivity contribution >= 4 is 15.8 Å². The minimum Gasteiger partial charge on any atom is -0.466 e. The molecule has 0 spiro atoms. The molecule has 1 rings (SSSR count). The zero-order valence-electron chi connectivity index (χ0n) is 10.7. The molecule has 1 fully saturated rings. The Kier molecular flexibility index (Phi) is 4.55. The summed E-state index contributed by atoms with van der Waals surface area (Å²) in [4.78, 5) is 13.5. The maximum absolute atomic E-state index is 11.6. The Hall–Kier alpha value is -0.620. The smallest absolute Gasteiger partial charge is 0.307 e. The van der Waals surface area contributed by atoms with Crippen LogP contribution in [0, 0.1) is 0 Å². The summed E-state index contributed by atoms with van der Waals surface area (Å²) in [6, 6.07) is 0. The molecule has 0 radical (unpaired) electrons. The van der Waals surface area contributed by atoms with E-state index in [1.54, 1.807) is 6.92 Å².